The van der Waals surface area contributed by atoms with E-state index in [4.69, 9.17) is 4.74 Å². The molecule has 0 saturated carbocycles. The number of carbonyl (C=O) groups is 7. The molecule has 3 saturated heterocycles. The van der Waals surface area contributed by atoms with Gasteiger partial charge in [-0.25, -0.2) is 26.7 Å². The Morgan fingerprint density at radius 3 is 2.23 bits per heavy atom. The van der Waals surface area contributed by atoms with Crippen molar-refractivity contribution in [3.63, 3.8) is 0 Å². The van der Waals surface area contributed by atoms with Crippen LogP contribution in [0, 0.1) is 30.4 Å². The molecule has 338 valence electrons. The molecule has 62 heavy (non-hydrogen) atoms. The summed E-state index contributed by atoms with van der Waals surface area (Å²) in [6.07, 6.45) is -0.472. The highest BCUT2D eigenvalue weighted by Crippen LogP contribution is 2.28. The molecule has 3 heterocycles. The Balaban J connectivity index is 1.51. The molecule has 2 aromatic carbocycles. The number of ether oxygens (including phenoxy) is 1. The molecule has 2 aromatic rings. The third-order valence-electron chi connectivity index (χ3n) is 11.4. The minimum Gasteiger partial charge on any atom is -0.461 e. The van der Waals surface area contributed by atoms with Gasteiger partial charge in [-0.3, -0.25) is 28.8 Å². The maximum atomic E-state index is 14.8. The van der Waals surface area contributed by atoms with Gasteiger partial charge in [0.25, 0.3) is 0 Å². The summed E-state index contributed by atoms with van der Waals surface area (Å²) in [5, 5.41) is 7.71. The van der Waals surface area contributed by atoms with Crippen molar-refractivity contribution >= 4 is 51.4 Å². The Morgan fingerprint density at radius 2 is 1.58 bits per heavy atom. The molecule has 0 bridgehead atoms. The van der Waals surface area contributed by atoms with E-state index in [0.717, 1.165) is 11.0 Å². The number of amides is 6. The Kier molecular flexibility index (Phi) is 15.4. The zero-order valence-corrected chi connectivity index (χ0v) is 36.4. The summed E-state index contributed by atoms with van der Waals surface area (Å²) in [5.41, 5.74) is 0.963. The van der Waals surface area contributed by atoms with E-state index in [1.54, 1.807) is 26.8 Å². The van der Waals surface area contributed by atoms with E-state index in [-0.39, 0.29) is 55.5 Å². The highest BCUT2D eigenvalue weighted by Gasteiger charge is 2.46. The van der Waals surface area contributed by atoms with Gasteiger partial charge < -0.3 is 35.4 Å². The zero-order chi connectivity index (χ0) is 45.6. The predicted octanol–water partition coefficient (Wildman–Crippen LogP) is 0.330. The molecule has 0 radical (unpaired) electrons. The third-order valence-corrected chi connectivity index (χ3v) is 12.8. The van der Waals surface area contributed by atoms with Crippen LogP contribution >= 0.6 is 0 Å². The van der Waals surface area contributed by atoms with Crippen LogP contribution in [-0.2, 0) is 61.2 Å². The SMILES string of the molecule is CCS(=O)(=O)NC[C@H]1C(=O)N[C@@H](C)C(=O)N2C[C@H](C)C[C@H]2C(=O)OC[C@H](NC(=O)[C@H](Cc2cccc(F)c2)NC(=O)Cc2ccc(C)cc2F)C(=O)N2CC(C)C[C@H]2C(=O)N1C. The Bertz CT molecular complexity index is 2180. The first-order chi connectivity index (χ1) is 29.2. The lowest BCUT2D eigenvalue weighted by atomic mass is 10.0. The summed E-state index contributed by atoms with van der Waals surface area (Å²) in [5.74, 6) is -7.83. The molecule has 1 unspecified atom stereocenters. The van der Waals surface area contributed by atoms with Crippen molar-refractivity contribution in [1.29, 1.82) is 0 Å². The zero-order valence-electron chi connectivity index (χ0n) is 35.6. The smallest absolute Gasteiger partial charge is 0.328 e. The van der Waals surface area contributed by atoms with Gasteiger partial charge in [0.2, 0.25) is 45.5 Å². The molecule has 3 aliphatic heterocycles. The number of likely N-dealkylation sites (N-methyl/N-ethyl adjacent to an activating group) is 1. The van der Waals surface area contributed by atoms with Crippen molar-refractivity contribution < 1.29 is 55.5 Å². The normalized spacial score (nSPS) is 25.8. The van der Waals surface area contributed by atoms with E-state index in [2.05, 4.69) is 20.7 Å². The Hall–Kier alpha value is -5.50. The first kappa shape index (κ1) is 47.5. The average molecular weight is 888 g/mol. The molecule has 5 rings (SSSR count). The summed E-state index contributed by atoms with van der Waals surface area (Å²) in [6, 6.07) is 1.32. The molecule has 17 nitrogen and oxygen atoms in total. The van der Waals surface area contributed by atoms with Gasteiger partial charge in [-0.2, -0.15) is 0 Å². The highest BCUT2D eigenvalue weighted by atomic mass is 32.2. The summed E-state index contributed by atoms with van der Waals surface area (Å²) in [6.45, 7) is 6.81. The van der Waals surface area contributed by atoms with Crippen molar-refractivity contribution in [2.24, 2.45) is 11.8 Å². The maximum absolute atomic E-state index is 14.8. The summed E-state index contributed by atoms with van der Waals surface area (Å²) in [7, 11) is -2.60. The van der Waals surface area contributed by atoms with Gasteiger partial charge in [0.1, 0.15) is 54.5 Å². The van der Waals surface area contributed by atoms with E-state index < -0.39 is 119 Å². The van der Waals surface area contributed by atoms with Gasteiger partial charge in [0, 0.05) is 33.1 Å². The second-order valence-electron chi connectivity index (χ2n) is 16.6. The van der Waals surface area contributed by atoms with E-state index in [9.17, 15) is 50.8 Å². The lowest BCUT2D eigenvalue weighted by Gasteiger charge is -2.35. The van der Waals surface area contributed by atoms with E-state index in [1.807, 2.05) is 0 Å². The van der Waals surface area contributed by atoms with E-state index >= 15 is 0 Å². The number of carbonyl (C=O) groups excluding carboxylic acids is 7. The molecular formula is C42H55F2N7O10S. The summed E-state index contributed by atoms with van der Waals surface area (Å²) < 4.78 is 62.1. The minimum absolute atomic E-state index is 0.00620. The number of cyclic esters (lactones) is 1. The Morgan fingerprint density at radius 1 is 0.919 bits per heavy atom. The van der Waals surface area contributed by atoms with Crippen LogP contribution < -0.4 is 20.7 Å². The molecule has 0 aliphatic carbocycles. The predicted molar refractivity (Wildman–Crippen MR) is 220 cm³/mol. The second kappa shape index (κ2) is 20.1. The Labute approximate surface area is 359 Å². The number of sulfonamides is 1. The summed E-state index contributed by atoms with van der Waals surface area (Å²) in [4.78, 5) is 102. The fraction of sp³-hybridized carbons (Fsp3) is 0.548. The van der Waals surface area contributed by atoms with Crippen molar-refractivity contribution in [2.45, 2.75) is 96.6 Å². The number of aryl methyl sites for hydroxylation is 1. The van der Waals surface area contributed by atoms with Gasteiger partial charge in [-0.15, -0.1) is 0 Å². The number of fused-ring (bicyclic) bond motifs is 2. The number of halogens is 2. The van der Waals surface area contributed by atoms with Crippen LogP contribution in [0.4, 0.5) is 8.78 Å². The van der Waals surface area contributed by atoms with E-state index in [1.165, 1.54) is 61.0 Å². The van der Waals surface area contributed by atoms with Crippen LogP contribution in [0.25, 0.3) is 0 Å². The maximum Gasteiger partial charge on any atom is 0.328 e. The molecular weight excluding hydrogens is 833 g/mol. The fourth-order valence-corrected chi connectivity index (χ4v) is 8.61. The van der Waals surface area contributed by atoms with Crippen molar-refractivity contribution in [3.05, 3.63) is 70.8 Å². The van der Waals surface area contributed by atoms with E-state index in [0.29, 0.717) is 11.1 Å². The first-order valence-electron chi connectivity index (χ1n) is 20.6. The van der Waals surface area contributed by atoms with Gasteiger partial charge in [-0.05, 0) is 80.3 Å². The molecule has 3 aliphatic rings. The number of hydrogen-bond donors (Lipinski definition) is 4. The van der Waals surface area contributed by atoms with Crippen LogP contribution in [0.2, 0.25) is 0 Å². The molecule has 20 heteroatoms. The largest absolute Gasteiger partial charge is 0.461 e. The second-order valence-corrected chi connectivity index (χ2v) is 18.7. The molecule has 6 amide bonds. The average Bonchev–Trinajstić information content (AvgIpc) is 3.81. The first-order valence-corrected chi connectivity index (χ1v) is 22.2. The van der Waals surface area contributed by atoms with Gasteiger partial charge >= 0.3 is 5.97 Å². The van der Waals surface area contributed by atoms with Crippen LogP contribution in [0.5, 0.6) is 0 Å². The van der Waals surface area contributed by atoms with Crippen molar-refractivity contribution in [3.8, 4) is 0 Å². The summed E-state index contributed by atoms with van der Waals surface area (Å²) >= 11 is 0. The number of rotatable bonds is 11. The third kappa shape index (κ3) is 11.7. The lowest BCUT2D eigenvalue weighted by Crippen LogP contribution is -2.62. The lowest BCUT2D eigenvalue weighted by molar-refractivity contribution is -0.158. The number of nitrogens with one attached hydrogen (secondary N) is 4. The fourth-order valence-electron chi connectivity index (χ4n) is 7.99. The molecule has 4 N–H and O–H groups in total. The van der Waals surface area contributed by atoms with Crippen LogP contribution in [0.15, 0.2) is 42.5 Å². The van der Waals surface area contributed by atoms with Crippen LogP contribution in [0.3, 0.4) is 0 Å². The van der Waals surface area contributed by atoms with Crippen molar-refractivity contribution in [2.75, 3.05) is 39.0 Å². The standard InChI is InChI=1S/C42H55F2N7O10S/c1-7-62(59,60)45-19-35-38(54)46-26(5)39(55)51-21-25(4)15-34(51)42(58)61-22-32(40(56)50-20-24(3)14-33(50)41(57)49(35)6)48-37(53)31(17-27-9-8-10-29(43)16-27)47-36(52)18-28-12-11-23(2)13-30(28)44/h8-13,16,24-26,31-35,45H,7,14-15,17-22H2,1-6H3,(H,46,54)(H,47,52)(H,48,53)/t24?,25-,26+,31+,32+,33+,34+,35+/m1/s1. The molecule has 0 aromatic heterocycles. The number of nitrogens with zero attached hydrogens (tertiary/aromatic N) is 3. The number of esters is 1. The molecule has 3 fully saturated rings. The van der Waals surface area contributed by atoms with Gasteiger partial charge in [0.05, 0.1) is 12.2 Å². The highest BCUT2D eigenvalue weighted by molar-refractivity contribution is 7.89. The van der Waals surface area contributed by atoms with Crippen LogP contribution in [-0.4, -0.2) is 140 Å². The van der Waals surface area contributed by atoms with Crippen molar-refractivity contribution in [1.82, 2.24) is 35.4 Å². The molecule has 8 atom stereocenters. The van der Waals surface area contributed by atoms with Gasteiger partial charge in [0.15, 0.2) is 0 Å². The minimum atomic E-state index is -3.87. The van der Waals surface area contributed by atoms with Gasteiger partial charge in [-0.1, -0.05) is 38.1 Å². The molecule has 0 spiro atoms. The number of benzene rings is 2. The number of hydrogen-bond acceptors (Lipinski definition) is 10. The van der Waals surface area contributed by atoms with Crippen LogP contribution in [0.1, 0.15) is 57.2 Å². The quantitative estimate of drug-likeness (QED) is 0.227. The topological polar surface area (TPSA) is 221 Å². The monoisotopic (exact) mass is 887 g/mol.